The number of anilines is 1. The number of thiazole rings is 1. The van der Waals surface area contributed by atoms with Crippen LogP contribution in [0.15, 0.2) is 29.3 Å². The maximum atomic E-state index is 11.7. The molecule has 0 fully saturated rings. The Balaban J connectivity index is 0.00000364. The number of carbonyl (C=O) groups excluding carboxylic acids is 1. The van der Waals surface area contributed by atoms with Crippen molar-refractivity contribution in [1.29, 1.82) is 0 Å². The van der Waals surface area contributed by atoms with Gasteiger partial charge in [-0.05, 0) is 38.0 Å². The number of hydrogen-bond donors (Lipinski definition) is 3. The van der Waals surface area contributed by atoms with E-state index in [1.165, 1.54) is 4.88 Å². The minimum Gasteiger partial charge on any atom is -0.352 e. The Hall–Kier alpha value is -1.68. The SMILES string of the molecule is CCCC(=O)Nc1cccc(CNC(=NC)NCc2nc(C)c(C)s2)c1.I. The largest absolute Gasteiger partial charge is 0.352 e. The van der Waals surface area contributed by atoms with E-state index < -0.39 is 0 Å². The number of halogens is 1. The molecule has 6 nitrogen and oxygen atoms in total. The van der Waals surface area contributed by atoms with Crippen LogP contribution in [0.4, 0.5) is 5.69 Å². The third kappa shape index (κ3) is 7.84. The lowest BCUT2D eigenvalue weighted by molar-refractivity contribution is -0.116. The van der Waals surface area contributed by atoms with E-state index in [1.54, 1.807) is 18.4 Å². The van der Waals surface area contributed by atoms with Gasteiger partial charge in [0.15, 0.2) is 5.96 Å². The smallest absolute Gasteiger partial charge is 0.224 e. The summed E-state index contributed by atoms with van der Waals surface area (Å²) >= 11 is 1.70. The molecule has 148 valence electrons. The zero-order chi connectivity index (χ0) is 18.9. The number of guanidine groups is 1. The zero-order valence-electron chi connectivity index (χ0n) is 16.3. The van der Waals surface area contributed by atoms with Gasteiger partial charge in [-0.3, -0.25) is 9.79 Å². The van der Waals surface area contributed by atoms with E-state index >= 15 is 0 Å². The predicted octanol–water partition coefficient (Wildman–Crippen LogP) is 3.98. The van der Waals surface area contributed by atoms with Gasteiger partial charge in [-0.15, -0.1) is 35.3 Å². The topological polar surface area (TPSA) is 78.4 Å². The minimum atomic E-state index is 0. The lowest BCUT2D eigenvalue weighted by Gasteiger charge is -2.12. The van der Waals surface area contributed by atoms with E-state index in [9.17, 15) is 4.79 Å². The molecule has 0 saturated carbocycles. The molecular formula is C19H28IN5OS. The second-order valence-corrected chi connectivity index (χ2v) is 7.31. The van der Waals surface area contributed by atoms with Gasteiger partial charge in [0, 0.05) is 30.6 Å². The zero-order valence-corrected chi connectivity index (χ0v) is 19.4. The molecule has 0 spiro atoms. The maximum Gasteiger partial charge on any atom is 0.224 e. The molecule has 1 amide bonds. The van der Waals surface area contributed by atoms with E-state index in [0.717, 1.165) is 34.3 Å². The third-order valence-corrected chi connectivity index (χ3v) is 4.92. The summed E-state index contributed by atoms with van der Waals surface area (Å²) in [6.45, 7) is 7.36. The van der Waals surface area contributed by atoms with Crippen molar-refractivity contribution in [2.45, 2.75) is 46.7 Å². The average molecular weight is 501 g/mol. The van der Waals surface area contributed by atoms with Crippen molar-refractivity contribution in [2.24, 2.45) is 4.99 Å². The van der Waals surface area contributed by atoms with Crippen molar-refractivity contribution in [3.05, 3.63) is 45.4 Å². The van der Waals surface area contributed by atoms with Crippen LogP contribution in [0, 0.1) is 13.8 Å². The first-order chi connectivity index (χ1) is 12.5. The van der Waals surface area contributed by atoms with Crippen molar-refractivity contribution < 1.29 is 4.79 Å². The van der Waals surface area contributed by atoms with Gasteiger partial charge in [0.1, 0.15) is 5.01 Å². The van der Waals surface area contributed by atoms with E-state index in [1.807, 2.05) is 38.1 Å². The van der Waals surface area contributed by atoms with Crippen LogP contribution in [-0.2, 0) is 17.9 Å². The Bertz CT molecular complexity index is 756. The fourth-order valence-corrected chi connectivity index (χ4v) is 3.26. The highest BCUT2D eigenvalue weighted by Crippen LogP contribution is 2.16. The van der Waals surface area contributed by atoms with Crippen LogP contribution in [0.25, 0.3) is 0 Å². The molecule has 0 radical (unpaired) electrons. The number of rotatable bonds is 7. The number of carbonyl (C=O) groups is 1. The Morgan fingerprint density at radius 3 is 2.59 bits per heavy atom. The van der Waals surface area contributed by atoms with Gasteiger partial charge in [-0.2, -0.15) is 0 Å². The molecule has 8 heteroatoms. The van der Waals surface area contributed by atoms with Gasteiger partial charge < -0.3 is 16.0 Å². The molecule has 1 aromatic carbocycles. The molecule has 3 N–H and O–H groups in total. The summed E-state index contributed by atoms with van der Waals surface area (Å²) in [7, 11) is 1.75. The number of aryl methyl sites for hydroxylation is 2. The summed E-state index contributed by atoms with van der Waals surface area (Å²) in [4.78, 5) is 21.7. The summed E-state index contributed by atoms with van der Waals surface area (Å²) < 4.78 is 0. The average Bonchev–Trinajstić information content (AvgIpc) is 2.93. The van der Waals surface area contributed by atoms with Gasteiger partial charge in [0.25, 0.3) is 0 Å². The Morgan fingerprint density at radius 2 is 1.96 bits per heavy atom. The first-order valence-electron chi connectivity index (χ1n) is 8.78. The van der Waals surface area contributed by atoms with Crippen LogP contribution in [-0.4, -0.2) is 23.9 Å². The molecule has 0 aliphatic rings. The number of hydrogen-bond acceptors (Lipinski definition) is 4. The number of aliphatic imine (C=N–C) groups is 1. The van der Waals surface area contributed by atoms with Gasteiger partial charge in [0.05, 0.1) is 12.2 Å². The van der Waals surface area contributed by atoms with Crippen molar-refractivity contribution in [2.75, 3.05) is 12.4 Å². The van der Waals surface area contributed by atoms with Crippen LogP contribution in [0.2, 0.25) is 0 Å². The fourth-order valence-electron chi connectivity index (χ4n) is 2.39. The number of nitrogens with one attached hydrogen (secondary N) is 3. The van der Waals surface area contributed by atoms with Gasteiger partial charge in [-0.1, -0.05) is 19.1 Å². The molecule has 0 unspecified atom stereocenters. The van der Waals surface area contributed by atoms with E-state index in [4.69, 9.17) is 0 Å². The molecule has 1 heterocycles. The normalized spacial score (nSPS) is 10.9. The standard InChI is InChI=1S/C19H27N5OS.HI/c1-5-7-17(25)24-16-9-6-8-15(10-16)11-21-19(20-4)22-12-18-23-13(2)14(3)26-18;/h6,8-10H,5,7,11-12H2,1-4H3,(H,24,25)(H2,20,21,22);1H. The Labute approximate surface area is 182 Å². The van der Waals surface area contributed by atoms with Crippen LogP contribution in [0.5, 0.6) is 0 Å². The van der Waals surface area contributed by atoms with Crippen molar-refractivity contribution in [3.8, 4) is 0 Å². The molecule has 0 saturated heterocycles. The van der Waals surface area contributed by atoms with Gasteiger partial charge >= 0.3 is 0 Å². The molecule has 0 aliphatic heterocycles. The molecule has 0 bridgehead atoms. The highest BCUT2D eigenvalue weighted by atomic mass is 127. The lowest BCUT2D eigenvalue weighted by atomic mass is 10.2. The molecule has 2 rings (SSSR count). The lowest BCUT2D eigenvalue weighted by Crippen LogP contribution is -2.36. The second kappa shape index (κ2) is 11.9. The van der Waals surface area contributed by atoms with Gasteiger partial charge in [-0.25, -0.2) is 4.98 Å². The molecule has 2 aromatic rings. The van der Waals surface area contributed by atoms with Crippen LogP contribution >= 0.6 is 35.3 Å². The second-order valence-electron chi connectivity index (χ2n) is 6.03. The number of amides is 1. The summed E-state index contributed by atoms with van der Waals surface area (Å²) in [5, 5.41) is 10.5. The van der Waals surface area contributed by atoms with E-state index in [0.29, 0.717) is 19.5 Å². The van der Waals surface area contributed by atoms with Gasteiger partial charge in [0.2, 0.25) is 5.91 Å². The highest BCUT2D eigenvalue weighted by Gasteiger charge is 2.06. The van der Waals surface area contributed by atoms with Crippen LogP contribution in [0.1, 0.15) is 40.9 Å². The maximum absolute atomic E-state index is 11.7. The summed E-state index contributed by atoms with van der Waals surface area (Å²) in [5.74, 6) is 0.764. The van der Waals surface area contributed by atoms with Crippen LogP contribution < -0.4 is 16.0 Å². The predicted molar refractivity (Wildman–Crippen MR) is 124 cm³/mol. The van der Waals surface area contributed by atoms with Crippen LogP contribution in [0.3, 0.4) is 0 Å². The monoisotopic (exact) mass is 501 g/mol. The molecule has 27 heavy (non-hydrogen) atoms. The van der Waals surface area contributed by atoms with E-state index in [2.05, 4.69) is 32.9 Å². The molecular weight excluding hydrogens is 473 g/mol. The Morgan fingerprint density at radius 1 is 1.22 bits per heavy atom. The van der Waals surface area contributed by atoms with E-state index in [-0.39, 0.29) is 29.9 Å². The minimum absolute atomic E-state index is 0. The highest BCUT2D eigenvalue weighted by molar-refractivity contribution is 14.0. The Kier molecular flexibility index (Phi) is 10.3. The third-order valence-electron chi connectivity index (χ3n) is 3.85. The number of nitrogens with zero attached hydrogens (tertiary/aromatic N) is 2. The molecule has 0 aliphatic carbocycles. The first-order valence-corrected chi connectivity index (χ1v) is 9.59. The van der Waals surface area contributed by atoms with Crippen molar-refractivity contribution in [3.63, 3.8) is 0 Å². The molecule has 0 atom stereocenters. The number of aromatic nitrogens is 1. The molecule has 1 aromatic heterocycles. The summed E-state index contributed by atoms with van der Waals surface area (Å²) in [5.41, 5.74) is 2.97. The summed E-state index contributed by atoms with van der Waals surface area (Å²) in [6.07, 6.45) is 1.38. The summed E-state index contributed by atoms with van der Waals surface area (Å²) in [6, 6.07) is 7.83. The quantitative estimate of drug-likeness (QED) is 0.305. The first kappa shape index (κ1) is 23.4. The fraction of sp³-hybridized carbons (Fsp3) is 0.421. The van der Waals surface area contributed by atoms with Crippen molar-refractivity contribution in [1.82, 2.24) is 15.6 Å². The van der Waals surface area contributed by atoms with Crippen molar-refractivity contribution >= 4 is 52.9 Å². The number of benzene rings is 1.